The summed E-state index contributed by atoms with van der Waals surface area (Å²) in [7, 11) is -3.84. The molecule has 0 radical (unpaired) electrons. The molecule has 0 amide bonds. The van der Waals surface area contributed by atoms with Gasteiger partial charge in [-0.1, -0.05) is 49.7 Å². The van der Waals surface area contributed by atoms with Crippen molar-refractivity contribution in [3.8, 4) is 17.3 Å². The van der Waals surface area contributed by atoms with Crippen LogP contribution in [0.3, 0.4) is 0 Å². The van der Waals surface area contributed by atoms with E-state index in [0.29, 0.717) is 23.9 Å². The van der Waals surface area contributed by atoms with Crippen molar-refractivity contribution >= 4 is 27.8 Å². The minimum absolute atomic E-state index is 0.0234. The minimum atomic E-state index is -3.84. The third kappa shape index (κ3) is 6.24. The number of aryl methyl sites for hydroxylation is 1. The fourth-order valence-electron chi connectivity index (χ4n) is 3.64. The van der Waals surface area contributed by atoms with E-state index in [-0.39, 0.29) is 10.9 Å². The first kappa shape index (κ1) is 26.3. The summed E-state index contributed by atoms with van der Waals surface area (Å²) in [6, 6.07) is 14.2. The molecule has 1 aromatic heterocycles. The molecule has 0 fully saturated rings. The number of aromatic nitrogens is 2. The fourth-order valence-corrected chi connectivity index (χ4v) is 4.96. The summed E-state index contributed by atoms with van der Waals surface area (Å²) in [4.78, 5) is 17.5. The zero-order valence-corrected chi connectivity index (χ0v) is 21.6. The molecule has 0 aliphatic heterocycles. The second-order valence-corrected chi connectivity index (χ2v) is 10.2. The molecule has 3 rings (SSSR count). The number of imidazole rings is 1. The lowest BCUT2D eigenvalue weighted by molar-refractivity contribution is 0.0509. The first-order chi connectivity index (χ1) is 16.8. The van der Waals surface area contributed by atoms with Gasteiger partial charge >= 0.3 is 5.97 Å². The second kappa shape index (κ2) is 11.9. The van der Waals surface area contributed by atoms with Crippen LogP contribution in [0.5, 0.6) is 0 Å². The lowest BCUT2D eigenvalue weighted by Gasteiger charge is -2.13. The molecule has 1 N–H and O–H groups in total. The Balaban J connectivity index is 1.88. The fraction of sp³-hybridized carbons (Fsp3) is 0.320. The van der Waals surface area contributed by atoms with Gasteiger partial charge in [-0.15, -0.1) is 11.8 Å². The predicted octanol–water partition coefficient (Wildman–Crippen LogP) is 4.60. The van der Waals surface area contributed by atoms with Crippen molar-refractivity contribution in [1.29, 1.82) is 5.26 Å². The van der Waals surface area contributed by atoms with E-state index in [1.165, 1.54) is 30.1 Å². The Hall–Kier alpha value is -3.29. The van der Waals surface area contributed by atoms with Crippen LogP contribution < -0.4 is 4.72 Å². The number of ether oxygens (including phenoxy) is 1. The number of nitrogens with one attached hydrogen (secondary N) is 1. The normalized spacial score (nSPS) is 11.1. The van der Waals surface area contributed by atoms with Gasteiger partial charge in [-0.25, -0.2) is 22.9 Å². The molecule has 0 spiro atoms. The van der Waals surface area contributed by atoms with Gasteiger partial charge in [-0.3, -0.25) is 0 Å². The lowest BCUT2D eigenvalue weighted by atomic mass is 10.0. The zero-order valence-electron chi connectivity index (χ0n) is 19.9. The van der Waals surface area contributed by atoms with Crippen molar-refractivity contribution in [3.63, 3.8) is 0 Å². The van der Waals surface area contributed by atoms with Gasteiger partial charge in [0.25, 0.3) is 10.0 Å². The van der Waals surface area contributed by atoms with Crippen molar-refractivity contribution in [1.82, 2.24) is 14.3 Å². The molecule has 8 nitrogen and oxygen atoms in total. The standard InChI is InChI=1S/C25H28N4O4S2/c1-4-6-7-22-28-24(34-3)23(25(30)33-5-2)29(22)16-18-8-10-19(11-9-18)20-12-14-21(15-13-20)35(31,32)27-17-26/h8-15,27H,4-7,16H2,1-3H3. The molecule has 0 saturated carbocycles. The Morgan fingerprint density at radius 1 is 1.11 bits per heavy atom. The van der Waals surface area contributed by atoms with Crippen molar-refractivity contribution < 1.29 is 17.9 Å². The molecule has 35 heavy (non-hydrogen) atoms. The summed E-state index contributed by atoms with van der Waals surface area (Å²) in [6.45, 7) is 4.69. The number of benzene rings is 2. The summed E-state index contributed by atoms with van der Waals surface area (Å²) < 4.78 is 33.0. The number of esters is 1. The highest BCUT2D eigenvalue weighted by molar-refractivity contribution is 7.98. The first-order valence-electron chi connectivity index (χ1n) is 11.2. The van der Waals surface area contributed by atoms with E-state index in [4.69, 9.17) is 15.0 Å². The average Bonchev–Trinajstić information content (AvgIpc) is 3.20. The Labute approximate surface area is 210 Å². The van der Waals surface area contributed by atoms with Crippen LogP contribution in [0.4, 0.5) is 0 Å². The van der Waals surface area contributed by atoms with Gasteiger partial charge in [0.1, 0.15) is 10.9 Å². The van der Waals surface area contributed by atoms with Crippen LogP contribution in [0.15, 0.2) is 58.5 Å². The molecule has 0 bridgehead atoms. The Morgan fingerprint density at radius 2 is 1.74 bits per heavy atom. The number of hydrogen-bond acceptors (Lipinski definition) is 7. The van der Waals surface area contributed by atoms with Crippen LogP contribution >= 0.6 is 11.8 Å². The maximum absolute atomic E-state index is 12.7. The van der Waals surface area contributed by atoms with Crippen molar-refractivity contribution in [3.05, 3.63) is 65.6 Å². The number of nitrogens with zero attached hydrogens (tertiary/aromatic N) is 3. The van der Waals surface area contributed by atoms with Crippen molar-refractivity contribution in [2.45, 2.75) is 49.6 Å². The summed E-state index contributed by atoms with van der Waals surface area (Å²) in [5.41, 5.74) is 3.24. The maximum Gasteiger partial charge on any atom is 0.357 e. The van der Waals surface area contributed by atoms with Crippen molar-refractivity contribution in [2.24, 2.45) is 0 Å². The number of nitriles is 1. The predicted molar refractivity (Wildman–Crippen MR) is 135 cm³/mol. The number of carbonyl (C=O) groups is 1. The topological polar surface area (TPSA) is 114 Å². The highest BCUT2D eigenvalue weighted by Gasteiger charge is 2.24. The monoisotopic (exact) mass is 512 g/mol. The van der Waals surface area contributed by atoms with E-state index in [2.05, 4.69) is 6.92 Å². The molecule has 184 valence electrons. The van der Waals surface area contributed by atoms with Crippen LogP contribution in [-0.4, -0.2) is 36.8 Å². The largest absolute Gasteiger partial charge is 0.461 e. The number of carbonyl (C=O) groups excluding carboxylic acids is 1. The molecule has 0 unspecified atom stereocenters. The molecular formula is C25H28N4O4S2. The number of sulfonamides is 1. The van der Waals surface area contributed by atoms with E-state index in [1.807, 2.05) is 39.8 Å². The van der Waals surface area contributed by atoms with Gasteiger partial charge in [-0.05, 0) is 48.4 Å². The van der Waals surface area contributed by atoms with Gasteiger partial charge in [0, 0.05) is 13.0 Å². The van der Waals surface area contributed by atoms with Gasteiger partial charge < -0.3 is 9.30 Å². The number of thioether (sulfide) groups is 1. The Morgan fingerprint density at radius 3 is 2.29 bits per heavy atom. The molecule has 3 aromatic rings. The van der Waals surface area contributed by atoms with E-state index < -0.39 is 10.0 Å². The number of rotatable bonds is 11. The Bertz CT molecular complexity index is 1310. The highest BCUT2D eigenvalue weighted by atomic mass is 32.2. The molecule has 0 aliphatic rings. The second-order valence-electron chi connectivity index (χ2n) is 7.73. The molecular weight excluding hydrogens is 484 g/mol. The van der Waals surface area contributed by atoms with Crippen LogP contribution in [-0.2, 0) is 27.7 Å². The van der Waals surface area contributed by atoms with Crippen LogP contribution in [0, 0.1) is 11.5 Å². The van der Waals surface area contributed by atoms with Crippen LogP contribution in [0.25, 0.3) is 11.1 Å². The Kier molecular flexibility index (Phi) is 8.95. The SMILES string of the molecule is CCCCc1nc(SC)c(C(=O)OCC)n1Cc1ccc(-c2ccc(S(=O)(=O)NC#N)cc2)cc1. The van der Waals surface area contributed by atoms with Crippen LogP contribution in [0.1, 0.15) is 48.6 Å². The number of unbranched alkanes of at least 4 members (excludes halogenated alkanes) is 1. The van der Waals surface area contributed by atoms with Gasteiger partial charge in [-0.2, -0.15) is 5.26 Å². The highest BCUT2D eigenvalue weighted by Crippen LogP contribution is 2.26. The minimum Gasteiger partial charge on any atom is -0.461 e. The van der Waals surface area contributed by atoms with E-state index in [0.717, 1.165) is 41.8 Å². The van der Waals surface area contributed by atoms with E-state index >= 15 is 0 Å². The summed E-state index contributed by atoms with van der Waals surface area (Å²) in [5, 5.41) is 9.28. The molecule has 0 atom stereocenters. The lowest BCUT2D eigenvalue weighted by Crippen LogP contribution is -2.17. The molecule has 0 aliphatic carbocycles. The molecule has 10 heteroatoms. The number of hydrogen-bond donors (Lipinski definition) is 1. The molecule has 1 heterocycles. The van der Waals surface area contributed by atoms with E-state index in [1.54, 1.807) is 19.1 Å². The van der Waals surface area contributed by atoms with Crippen LogP contribution in [0.2, 0.25) is 0 Å². The summed E-state index contributed by atoms with van der Waals surface area (Å²) >= 11 is 1.44. The van der Waals surface area contributed by atoms with Gasteiger partial charge in [0.2, 0.25) is 0 Å². The third-order valence-electron chi connectivity index (χ3n) is 5.40. The third-order valence-corrected chi connectivity index (χ3v) is 7.33. The quantitative estimate of drug-likeness (QED) is 0.173. The van der Waals surface area contributed by atoms with E-state index in [9.17, 15) is 13.2 Å². The molecule has 0 saturated heterocycles. The van der Waals surface area contributed by atoms with Gasteiger partial charge in [0.15, 0.2) is 11.9 Å². The van der Waals surface area contributed by atoms with Crippen molar-refractivity contribution in [2.75, 3.05) is 12.9 Å². The average molecular weight is 513 g/mol. The molecule has 2 aromatic carbocycles. The van der Waals surface area contributed by atoms with Gasteiger partial charge in [0.05, 0.1) is 11.5 Å². The zero-order chi connectivity index (χ0) is 25.4. The first-order valence-corrected chi connectivity index (χ1v) is 14.0. The smallest absolute Gasteiger partial charge is 0.357 e. The maximum atomic E-state index is 12.7. The summed E-state index contributed by atoms with van der Waals surface area (Å²) in [6.07, 6.45) is 6.12. The summed E-state index contributed by atoms with van der Waals surface area (Å²) in [5.74, 6) is 0.496.